The highest BCUT2D eigenvalue weighted by atomic mass is 16.5. The SMILES string of the molecule is CCOc1ccc(N2C(=O)c3ccc(C(=O)NCC#Cc4ccccc4)cc3C2=O)cc1. The number of benzene rings is 3. The van der Waals surface area contributed by atoms with E-state index in [1.807, 2.05) is 37.3 Å². The van der Waals surface area contributed by atoms with Gasteiger partial charge in [0.1, 0.15) is 5.75 Å². The van der Waals surface area contributed by atoms with Gasteiger partial charge in [-0.05, 0) is 61.5 Å². The van der Waals surface area contributed by atoms with Crippen LogP contribution >= 0.6 is 0 Å². The highest BCUT2D eigenvalue weighted by Gasteiger charge is 2.37. The minimum Gasteiger partial charge on any atom is -0.494 e. The van der Waals surface area contributed by atoms with Gasteiger partial charge in [-0.15, -0.1) is 0 Å². The molecule has 1 N–H and O–H groups in total. The van der Waals surface area contributed by atoms with Crippen LogP contribution in [0.1, 0.15) is 43.6 Å². The summed E-state index contributed by atoms with van der Waals surface area (Å²) in [7, 11) is 0. The van der Waals surface area contributed by atoms with Crippen molar-refractivity contribution in [2.45, 2.75) is 6.92 Å². The second-order valence-electron chi connectivity index (χ2n) is 6.98. The average Bonchev–Trinajstić information content (AvgIpc) is 3.07. The number of nitrogens with one attached hydrogen (secondary N) is 1. The van der Waals surface area contributed by atoms with Crippen LogP contribution in [0.3, 0.4) is 0 Å². The molecule has 1 aliphatic rings. The fraction of sp³-hybridized carbons (Fsp3) is 0.115. The van der Waals surface area contributed by atoms with Crippen molar-refractivity contribution in [1.29, 1.82) is 0 Å². The van der Waals surface area contributed by atoms with Crippen molar-refractivity contribution in [3.05, 3.63) is 95.1 Å². The van der Waals surface area contributed by atoms with Gasteiger partial charge >= 0.3 is 0 Å². The van der Waals surface area contributed by atoms with Crippen LogP contribution in [-0.4, -0.2) is 30.9 Å². The molecule has 0 unspecified atom stereocenters. The first-order chi connectivity index (χ1) is 15.6. The van der Waals surface area contributed by atoms with Crippen LogP contribution in [0.25, 0.3) is 0 Å². The molecular weight excluding hydrogens is 404 g/mol. The van der Waals surface area contributed by atoms with Gasteiger partial charge < -0.3 is 10.1 Å². The number of nitrogens with zero attached hydrogens (tertiary/aromatic N) is 1. The summed E-state index contributed by atoms with van der Waals surface area (Å²) >= 11 is 0. The lowest BCUT2D eigenvalue weighted by molar-refractivity contribution is 0.0924. The number of imide groups is 1. The zero-order chi connectivity index (χ0) is 22.5. The van der Waals surface area contributed by atoms with Gasteiger partial charge in [0.25, 0.3) is 17.7 Å². The number of amides is 3. The van der Waals surface area contributed by atoms with Crippen LogP contribution in [0.15, 0.2) is 72.8 Å². The van der Waals surface area contributed by atoms with Crippen molar-refractivity contribution in [2.24, 2.45) is 0 Å². The fourth-order valence-corrected chi connectivity index (χ4v) is 3.37. The molecule has 3 aromatic rings. The molecule has 0 saturated carbocycles. The van der Waals surface area contributed by atoms with Crippen LogP contribution in [0.4, 0.5) is 5.69 Å². The van der Waals surface area contributed by atoms with Crippen LogP contribution < -0.4 is 15.0 Å². The van der Waals surface area contributed by atoms with Crippen LogP contribution in [-0.2, 0) is 0 Å². The van der Waals surface area contributed by atoms with Crippen molar-refractivity contribution in [3.63, 3.8) is 0 Å². The zero-order valence-corrected chi connectivity index (χ0v) is 17.4. The monoisotopic (exact) mass is 424 g/mol. The maximum atomic E-state index is 12.9. The largest absolute Gasteiger partial charge is 0.494 e. The molecule has 0 saturated heterocycles. The summed E-state index contributed by atoms with van der Waals surface area (Å²) in [5.41, 5.74) is 2.07. The number of hydrogen-bond acceptors (Lipinski definition) is 4. The third-order valence-electron chi connectivity index (χ3n) is 4.90. The van der Waals surface area contributed by atoms with Gasteiger partial charge in [0.05, 0.1) is 30.0 Å². The fourth-order valence-electron chi connectivity index (χ4n) is 3.37. The standard InChI is InChI=1S/C26H20N2O4/c1-2-32-21-13-11-20(12-14-21)28-25(30)22-15-10-19(17-23(22)26(28)31)24(29)27-16-6-9-18-7-4-3-5-8-18/h3-5,7-8,10-15,17H,2,16H2,1H3,(H,27,29). The molecule has 3 aromatic carbocycles. The molecule has 0 fully saturated rings. The molecule has 0 bridgehead atoms. The van der Waals surface area contributed by atoms with Gasteiger partial charge in [-0.2, -0.15) is 0 Å². The second kappa shape index (κ2) is 9.19. The Hall–Kier alpha value is -4.37. The molecule has 6 heteroatoms. The molecule has 0 aromatic heterocycles. The van der Waals surface area contributed by atoms with E-state index in [9.17, 15) is 14.4 Å². The summed E-state index contributed by atoms with van der Waals surface area (Å²) in [5, 5.41) is 2.71. The van der Waals surface area contributed by atoms with Gasteiger partial charge in [-0.25, -0.2) is 4.90 Å². The Morgan fingerprint density at radius 2 is 1.66 bits per heavy atom. The number of fused-ring (bicyclic) bond motifs is 1. The number of anilines is 1. The Bertz CT molecular complexity index is 1240. The molecule has 158 valence electrons. The molecule has 1 aliphatic heterocycles. The Morgan fingerprint density at radius 3 is 2.38 bits per heavy atom. The maximum Gasteiger partial charge on any atom is 0.266 e. The van der Waals surface area contributed by atoms with E-state index >= 15 is 0 Å². The molecule has 6 nitrogen and oxygen atoms in total. The first kappa shape index (κ1) is 20.9. The average molecular weight is 424 g/mol. The summed E-state index contributed by atoms with van der Waals surface area (Å²) in [5.74, 6) is 5.26. The number of carbonyl (C=O) groups is 3. The number of hydrogen-bond donors (Lipinski definition) is 1. The summed E-state index contributed by atoms with van der Waals surface area (Å²) in [4.78, 5) is 39.3. The molecule has 0 spiro atoms. The molecule has 32 heavy (non-hydrogen) atoms. The molecule has 0 atom stereocenters. The van der Waals surface area contributed by atoms with Crippen LogP contribution in [0.2, 0.25) is 0 Å². The molecule has 0 aliphatic carbocycles. The quantitative estimate of drug-likeness (QED) is 0.501. The van der Waals surface area contributed by atoms with E-state index in [0.717, 1.165) is 10.5 Å². The van der Waals surface area contributed by atoms with Crippen LogP contribution in [0.5, 0.6) is 5.75 Å². The van der Waals surface area contributed by atoms with E-state index < -0.39 is 11.8 Å². The number of ether oxygens (including phenoxy) is 1. The highest BCUT2D eigenvalue weighted by molar-refractivity contribution is 6.34. The molecule has 3 amide bonds. The third-order valence-corrected chi connectivity index (χ3v) is 4.90. The lowest BCUT2D eigenvalue weighted by atomic mass is 10.1. The van der Waals surface area contributed by atoms with Gasteiger partial charge in [0, 0.05) is 11.1 Å². The lowest BCUT2D eigenvalue weighted by Crippen LogP contribution is -2.29. The second-order valence-corrected chi connectivity index (χ2v) is 6.98. The number of rotatable bonds is 5. The minimum absolute atomic E-state index is 0.163. The Balaban J connectivity index is 1.47. The van der Waals surface area contributed by atoms with Gasteiger partial charge in [0.2, 0.25) is 0 Å². The smallest absolute Gasteiger partial charge is 0.266 e. The van der Waals surface area contributed by atoms with E-state index in [2.05, 4.69) is 17.2 Å². The Labute approximate surface area is 185 Å². The summed E-state index contributed by atoms with van der Waals surface area (Å²) in [6.45, 7) is 2.56. The number of carbonyl (C=O) groups excluding carboxylic acids is 3. The molecular formula is C26H20N2O4. The molecule has 0 radical (unpaired) electrons. The summed E-state index contributed by atoms with van der Waals surface area (Å²) in [6.07, 6.45) is 0. The topological polar surface area (TPSA) is 75.7 Å². The van der Waals surface area contributed by atoms with E-state index in [-0.39, 0.29) is 23.6 Å². The summed E-state index contributed by atoms with van der Waals surface area (Å²) < 4.78 is 5.40. The molecule has 4 rings (SSSR count). The van der Waals surface area contributed by atoms with E-state index in [1.54, 1.807) is 24.3 Å². The minimum atomic E-state index is -0.465. The predicted octanol–water partition coefficient (Wildman–Crippen LogP) is 3.67. The van der Waals surface area contributed by atoms with Crippen molar-refractivity contribution in [2.75, 3.05) is 18.1 Å². The maximum absolute atomic E-state index is 12.9. The first-order valence-corrected chi connectivity index (χ1v) is 10.2. The predicted molar refractivity (Wildman–Crippen MR) is 121 cm³/mol. The lowest BCUT2D eigenvalue weighted by Gasteiger charge is -2.14. The van der Waals surface area contributed by atoms with E-state index in [4.69, 9.17) is 4.74 Å². The van der Waals surface area contributed by atoms with E-state index in [0.29, 0.717) is 23.6 Å². The molecule has 1 heterocycles. The first-order valence-electron chi connectivity index (χ1n) is 10.2. The van der Waals surface area contributed by atoms with Gasteiger partial charge in [0.15, 0.2) is 0 Å². The van der Waals surface area contributed by atoms with Crippen LogP contribution in [0, 0.1) is 11.8 Å². The van der Waals surface area contributed by atoms with Gasteiger partial charge in [-0.3, -0.25) is 14.4 Å². The highest BCUT2D eigenvalue weighted by Crippen LogP contribution is 2.30. The van der Waals surface area contributed by atoms with Crippen molar-refractivity contribution < 1.29 is 19.1 Å². The third kappa shape index (κ3) is 4.23. The zero-order valence-electron chi connectivity index (χ0n) is 17.4. The van der Waals surface area contributed by atoms with Crippen molar-refractivity contribution in [1.82, 2.24) is 5.32 Å². The normalized spacial score (nSPS) is 12.1. The van der Waals surface area contributed by atoms with Gasteiger partial charge in [-0.1, -0.05) is 30.0 Å². The van der Waals surface area contributed by atoms with E-state index in [1.165, 1.54) is 18.2 Å². The summed E-state index contributed by atoms with van der Waals surface area (Å²) in [6, 6.07) is 20.7. The van der Waals surface area contributed by atoms with Crippen molar-refractivity contribution >= 4 is 23.4 Å². The Kier molecular flexibility index (Phi) is 6.00. The van der Waals surface area contributed by atoms with Crippen molar-refractivity contribution in [3.8, 4) is 17.6 Å². The Morgan fingerprint density at radius 1 is 0.938 bits per heavy atom.